The van der Waals surface area contributed by atoms with E-state index >= 15 is 0 Å². The van der Waals surface area contributed by atoms with E-state index in [9.17, 15) is 25.0 Å². The van der Waals surface area contributed by atoms with Crippen molar-refractivity contribution in [2.45, 2.75) is 20.8 Å². The Kier molecular flexibility index (Phi) is 4.91. The van der Waals surface area contributed by atoms with Gasteiger partial charge in [-0.1, -0.05) is 0 Å². The number of nitro groups is 1. The summed E-state index contributed by atoms with van der Waals surface area (Å²) in [7, 11) is 1.30. The van der Waals surface area contributed by atoms with Gasteiger partial charge in [0.15, 0.2) is 0 Å². The van der Waals surface area contributed by atoms with E-state index in [0.29, 0.717) is 5.56 Å². The Morgan fingerprint density at radius 2 is 1.79 bits per heavy atom. The fraction of sp³-hybridized carbons (Fsp3) is 0.190. The van der Waals surface area contributed by atoms with E-state index in [-0.39, 0.29) is 33.9 Å². The van der Waals surface area contributed by atoms with Crippen LogP contribution < -0.4 is 0 Å². The summed E-state index contributed by atoms with van der Waals surface area (Å²) in [5.74, 6) is -0.656. The molecule has 0 spiro atoms. The largest absolute Gasteiger partial charge is 0.456 e. The maximum Gasteiger partial charge on any atom is 0.280 e. The van der Waals surface area contributed by atoms with Crippen molar-refractivity contribution in [2.24, 2.45) is 0 Å². The third-order valence-electron chi connectivity index (χ3n) is 4.93. The molecule has 146 valence electrons. The number of hydrogen-bond donors (Lipinski definition) is 0. The van der Waals surface area contributed by atoms with Crippen LogP contribution >= 0.6 is 0 Å². The molecule has 0 aliphatic carbocycles. The van der Waals surface area contributed by atoms with E-state index in [1.807, 2.05) is 13.0 Å². The number of carbonyl (C=O) groups excluding carboxylic acids is 2. The molecule has 0 atom stereocenters. The van der Waals surface area contributed by atoms with E-state index in [2.05, 4.69) is 0 Å². The Hall–Kier alpha value is -3.99. The van der Waals surface area contributed by atoms with Gasteiger partial charge in [0.05, 0.1) is 10.5 Å². The summed E-state index contributed by atoms with van der Waals surface area (Å²) < 4.78 is 5.74. The van der Waals surface area contributed by atoms with Gasteiger partial charge in [0.1, 0.15) is 23.2 Å². The van der Waals surface area contributed by atoms with Crippen LogP contribution in [-0.2, 0) is 9.59 Å². The summed E-state index contributed by atoms with van der Waals surface area (Å²) in [4.78, 5) is 36.3. The average Bonchev–Trinajstić information content (AvgIpc) is 3.14. The van der Waals surface area contributed by atoms with Crippen LogP contribution in [0.4, 0.5) is 5.69 Å². The van der Waals surface area contributed by atoms with Crippen molar-refractivity contribution in [3.8, 4) is 17.4 Å². The molecular formula is C21H17N3O5. The highest BCUT2D eigenvalue weighted by molar-refractivity contribution is 6.19. The summed E-state index contributed by atoms with van der Waals surface area (Å²) in [6.45, 7) is 5.16. The minimum Gasteiger partial charge on any atom is -0.456 e. The van der Waals surface area contributed by atoms with E-state index < -0.39 is 16.7 Å². The first kappa shape index (κ1) is 19.8. The number of benzene rings is 1. The molecule has 0 unspecified atom stereocenters. The van der Waals surface area contributed by atoms with Crippen molar-refractivity contribution in [3.63, 3.8) is 0 Å². The maximum absolute atomic E-state index is 12.5. The zero-order valence-electron chi connectivity index (χ0n) is 16.3. The number of rotatable bonds is 3. The van der Waals surface area contributed by atoms with Gasteiger partial charge in [0, 0.05) is 18.7 Å². The summed E-state index contributed by atoms with van der Waals surface area (Å²) in [6, 6.07) is 8.15. The zero-order valence-corrected chi connectivity index (χ0v) is 16.3. The van der Waals surface area contributed by atoms with Crippen molar-refractivity contribution < 1.29 is 18.9 Å². The molecule has 8 nitrogen and oxygen atoms in total. The van der Waals surface area contributed by atoms with Crippen molar-refractivity contribution >= 4 is 23.6 Å². The highest BCUT2D eigenvalue weighted by atomic mass is 16.6. The van der Waals surface area contributed by atoms with Crippen LogP contribution in [0.15, 0.2) is 45.4 Å². The van der Waals surface area contributed by atoms with E-state index in [1.54, 1.807) is 25.1 Å². The number of nitrogens with zero attached hydrogens (tertiary/aromatic N) is 3. The van der Waals surface area contributed by atoms with Crippen LogP contribution in [0.2, 0.25) is 0 Å². The summed E-state index contributed by atoms with van der Waals surface area (Å²) in [6.07, 6.45) is 1.42. The molecule has 3 rings (SSSR count). The molecule has 1 aromatic carbocycles. The predicted octanol–water partition coefficient (Wildman–Crippen LogP) is 3.69. The number of imide groups is 1. The Morgan fingerprint density at radius 3 is 2.41 bits per heavy atom. The summed E-state index contributed by atoms with van der Waals surface area (Å²) >= 11 is 0. The lowest BCUT2D eigenvalue weighted by molar-refractivity contribution is -0.384. The number of nitro benzene ring substituents is 1. The molecule has 2 heterocycles. The smallest absolute Gasteiger partial charge is 0.280 e. The maximum atomic E-state index is 12.5. The third-order valence-corrected chi connectivity index (χ3v) is 4.93. The van der Waals surface area contributed by atoms with Gasteiger partial charge < -0.3 is 4.42 Å². The zero-order chi connectivity index (χ0) is 21.5. The molecule has 1 aromatic heterocycles. The molecule has 8 heteroatoms. The first-order valence-corrected chi connectivity index (χ1v) is 8.67. The second-order valence-corrected chi connectivity index (χ2v) is 6.75. The van der Waals surface area contributed by atoms with Gasteiger partial charge in [0.2, 0.25) is 0 Å². The van der Waals surface area contributed by atoms with Crippen molar-refractivity contribution in [1.82, 2.24) is 4.90 Å². The number of aryl methyl sites for hydroxylation is 2. The van der Waals surface area contributed by atoms with Crippen LogP contribution in [0.25, 0.3) is 17.4 Å². The SMILES string of the molecule is CC1=C(C#N)C(=O)N(C)C(=O)/C1=C\c1ccc(-c2cc(C)c(C)cc2[N+](=O)[O-])o1. The Labute approximate surface area is 166 Å². The lowest BCUT2D eigenvalue weighted by Crippen LogP contribution is -2.39. The fourth-order valence-corrected chi connectivity index (χ4v) is 3.06. The molecule has 0 saturated carbocycles. The van der Waals surface area contributed by atoms with Gasteiger partial charge in [-0.05, 0) is 61.7 Å². The summed E-state index contributed by atoms with van der Waals surface area (Å²) in [5, 5.41) is 20.7. The highest BCUT2D eigenvalue weighted by Crippen LogP contribution is 2.34. The first-order chi connectivity index (χ1) is 13.6. The van der Waals surface area contributed by atoms with Crippen LogP contribution in [0.3, 0.4) is 0 Å². The lowest BCUT2D eigenvalue weighted by Gasteiger charge is -2.23. The predicted molar refractivity (Wildman–Crippen MR) is 104 cm³/mol. The van der Waals surface area contributed by atoms with Gasteiger partial charge >= 0.3 is 0 Å². The monoisotopic (exact) mass is 391 g/mol. The van der Waals surface area contributed by atoms with Gasteiger partial charge in [0.25, 0.3) is 17.5 Å². The molecule has 0 radical (unpaired) electrons. The minimum atomic E-state index is -0.655. The molecular weight excluding hydrogens is 374 g/mol. The van der Waals surface area contributed by atoms with Gasteiger partial charge in [-0.15, -0.1) is 0 Å². The van der Waals surface area contributed by atoms with Crippen molar-refractivity contribution in [3.05, 3.63) is 68.0 Å². The van der Waals surface area contributed by atoms with Crippen LogP contribution in [0.1, 0.15) is 23.8 Å². The van der Waals surface area contributed by atoms with Crippen LogP contribution in [0, 0.1) is 35.3 Å². The molecule has 2 amide bonds. The topological polar surface area (TPSA) is 117 Å². The van der Waals surface area contributed by atoms with Crippen LogP contribution in [-0.4, -0.2) is 28.7 Å². The molecule has 1 aliphatic heterocycles. The number of carbonyl (C=O) groups is 2. The molecule has 0 bridgehead atoms. The molecule has 1 aliphatic rings. The van der Waals surface area contributed by atoms with Gasteiger partial charge in [-0.3, -0.25) is 24.6 Å². The summed E-state index contributed by atoms with van der Waals surface area (Å²) in [5.41, 5.74) is 2.21. The second-order valence-electron chi connectivity index (χ2n) is 6.75. The fourth-order valence-electron chi connectivity index (χ4n) is 3.06. The number of nitriles is 1. The Balaban J connectivity index is 2.11. The number of furan rings is 1. The van der Waals surface area contributed by atoms with Gasteiger partial charge in [-0.2, -0.15) is 5.26 Å². The average molecular weight is 391 g/mol. The number of amides is 2. The first-order valence-electron chi connectivity index (χ1n) is 8.67. The number of hydrogen-bond acceptors (Lipinski definition) is 6. The van der Waals surface area contributed by atoms with E-state index in [4.69, 9.17) is 4.42 Å². The number of likely N-dealkylation sites (N-methyl/N-ethyl adjacent to an activating group) is 1. The Morgan fingerprint density at radius 1 is 1.14 bits per heavy atom. The lowest BCUT2D eigenvalue weighted by atomic mass is 9.95. The molecule has 2 aromatic rings. The third kappa shape index (κ3) is 3.34. The van der Waals surface area contributed by atoms with Crippen molar-refractivity contribution in [1.29, 1.82) is 5.26 Å². The van der Waals surface area contributed by atoms with E-state index in [1.165, 1.54) is 26.1 Å². The quantitative estimate of drug-likeness (QED) is 0.341. The second kappa shape index (κ2) is 7.20. The normalized spacial score (nSPS) is 15.8. The molecule has 0 N–H and O–H groups in total. The van der Waals surface area contributed by atoms with Gasteiger partial charge in [-0.25, -0.2) is 0 Å². The van der Waals surface area contributed by atoms with Crippen LogP contribution in [0.5, 0.6) is 0 Å². The molecule has 0 fully saturated rings. The standard InChI is InChI=1S/C21H17N3O5/c1-11-7-16(18(24(27)28)8-12(11)2)19-6-5-14(29-19)9-15-13(3)17(10-22)21(26)23(4)20(15)25/h5-9H,1-4H3/b15-9-. The van der Waals surface area contributed by atoms with E-state index in [0.717, 1.165) is 16.0 Å². The minimum absolute atomic E-state index is 0.0800. The molecule has 29 heavy (non-hydrogen) atoms. The highest BCUT2D eigenvalue weighted by Gasteiger charge is 2.33. The molecule has 0 saturated heterocycles. The van der Waals surface area contributed by atoms with Crippen molar-refractivity contribution in [2.75, 3.05) is 7.05 Å². The Bertz CT molecular complexity index is 1180.